The Balaban J connectivity index is 2.53. The van der Waals surface area contributed by atoms with E-state index in [0.29, 0.717) is 0 Å². The van der Waals surface area contributed by atoms with Crippen LogP contribution in [0.5, 0.6) is 0 Å². The van der Waals surface area contributed by atoms with E-state index in [2.05, 4.69) is 6.08 Å². The zero-order valence-electron chi connectivity index (χ0n) is 5.96. The van der Waals surface area contributed by atoms with Crippen molar-refractivity contribution >= 4 is 0 Å². The van der Waals surface area contributed by atoms with E-state index in [9.17, 15) is 0 Å². The van der Waals surface area contributed by atoms with Crippen molar-refractivity contribution in [2.24, 2.45) is 5.73 Å². The lowest BCUT2D eigenvalue weighted by atomic mass is 9.99. The third-order valence-corrected chi connectivity index (χ3v) is 1.72. The molecule has 0 unspecified atom stereocenters. The zero-order chi connectivity index (χ0) is 7.40. The quantitative estimate of drug-likeness (QED) is 0.588. The molecule has 0 aromatic rings. The number of aliphatic hydroxyl groups excluding tert-OH is 1. The van der Waals surface area contributed by atoms with Gasteiger partial charge in [0.2, 0.25) is 0 Å². The molecule has 0 heterocycles. The third kappa shape index (κ3) is 1.69. The van der Waals surface area contributed by atoms with Gasteiger partial charge in [0.1, 0.15) is 0 Å². The highest BCUT2D eigenvalue weighted by molar-refractivity contribution is 5.21. The molecule has 0 saturated carbocycles. The average Bonchev–Trinajstić information content (AvgIpc) is 2.05. The number of rotatable bonds is 2. The van der Waals surface area contributed by atoms with E-state index in [-0.39, 0.29) is 12.6 Å². The smallest absolute Gasteiger partial charge is 0.0621 e. The zero-order valence-corrected chi connectivity index (χ0v) is 5.96. The number of hydrogen-bond donors (Lipinski definition) is 2. The van der Waals surface area contributed by atoms with Crippen LogP contribution >= 0.6 is 0 Å². The summed E-state index contributed by atoms with van der Waals surface area (Å²) >= 11 is 0. The molecule has 1 aliphatic rings. The summed E-state index contributed by atoms with van der Waals surface area (Å²) in [6.07, 6.45) is 8.14. The van der Waals surface area contributed by atoms with Crippen LogP contribution in [0.2, 0.25) is 0 Å². The highest BCUT2D eigenvalue weighted by Gasteiger charge is 2.07. The fourth-order valence-corrected chi connectivity index (χ4v) is 1.05. The van der Waals surface area contributed by atoms with Crippen LogP contribution in [0.1, 0.15) is 12.8 Å². The van der Waals surface area contributed by atoms with Crippen molar-refractivity contribution < 1.29 is 5.11 Å². The Morgan fingerprint density at radius 3 is 3.00 bits per heavy atom. The molecule has 0 radical (unpaired) electrons. The van der Waals surface area contributed by atoms with Gasteiger partial charge in [-0.25, -0.2) is 0 Å². The maximum absolute atomic E-state index is 8.70. The number of hydrogen-bond acceptors (Lipinski definition) is 2. The van der Waals surface area contributed by atoms with Crippen molar-refractivity contribution in [1.29, 1.82) is 0 Å². The summed E-state index contributed by atoms with van der Waals surface area (Å²) < 4.78 is 0. The molecule has 0 spiro atoms. The fraction of sp³-hybridized carbons (Fsp3) is 0.500. The van der Waals surface area contributed by atoms with Gasteiger partial charge in [-0.05, 0) is 12.8 Å². The summed E-state index contributed by atoms with van der Waals surface area (Å²) in [5.74, 6) is 0. The third-order valence-electron chi connectivity index (χ3n) is 1.72. The van der Waals surface area contributed by atoms with Crippen LogP contribution < -0.4 is 5.73 Å². The highest BCUT2D eigenvalue weighted by Crippen LogP contribution is 2.13. The van der Waals surface area contributed by atoms with E-state index < -0.39 is 0 Å². The molecule has 0 aliphatic heterocycles. The Labute approximate surface area is 61.0 Å². The normalized spacial score (nSPS) is 20.4. The molecule has 56 valence electrons. The predicted molar refractivity (Wildman–Crippen MR) is 41.5 cm³/mol. The van der Waals surface area contributed by atoms with E-state index >= 15 is 0 Å². The van der Waals surface area contributed by atoms with Crippen molar-refractivity contribution in [3.8, 4) is 0 Å². The molecule has 0 saturated heterocycles. The van der Waals surface area contributed by atoms with E-state index in [4.69, 9.17) is 10.8 Å². The lowest BCUT2D eigenvalue weighted by Crippen LogP contribution is -2.27. The summed E-state index contributed by atoms with van der Waals surface area (Å²) in [5, 5.41) is 8.70. The molecular weight excluding hydrogens is 126 g/mol. The van der Waals surface area contributed by atoms with E-state index in [1.54, 1.807) is 0 Å². The standard InChI is InChI=1S/C8H13NO/c9-8(6-10)7-4-2-1-3-5-7/h1-2,4,8,10H,3,5-6,9H2/t8-/m1/s1. The largest absolute Gasteiger partial charge is 0.394 e. The SMILES string of the molecule is N[C@H](CO)C1=CC=CCC1. The van der Waals surface area contributed by atoms with Gasteiger partial charge in [-0.15, -0.1) is 0 Å². The first-order chi connectivity index (χ1) is 4.84. The Hall–Kier alpha value is -0.600. The van der Waals surface area contributed by atoms with Crippen molar-refractivity contribution in [1.82, 2.24) is 0 Å². The van der Waals surface area contributed by atoms with Gasteiger partial charge in [0.15, 0.2) is 0 Å². The van der Waals surface area contributed by atoms with E-state index in [1.165, 1.54) is 0 Å². The highest BCUT2D eigenvalue weighted by atomic mass is 16.3. The van der Waals surface area contributed by atoms with Gasteiger partial charge in [-0.3, -0.25) is 0 Å². The van der Waals surface area contributed by atoms with Crippen LogP contribution in [-0.2, 0) is 0 Å². The van der Waals surface area contributed by atoms with Crippen LogP contribution in [0.3, 0.4) is 0 Å². The van der Waals surface area contributed by atoms with Gasteiger partial charge >= 0.3 is 0 Å². The molecule has 2 heteroatoms. The molecule has 1 aliphatic carbocycles. The van der Waals surface area contributed by atoms with Gasteiger partial charge in [0.25, 0.3) is 0 Å². The van der Waals surface area contributed by atoms with Crippen LogP contribution in [0.4, 0.5) is 0 Å². The molecule has 10 heavy (non-hydrogen) atoms. The summed E-state index contributed by atoms with van der Waals surface area (Å²) in [5.41, 5.74) is 6.75. The molecule has 3 N–H and O–H groups in total. The van der Waals surface area contributed by atoms with Gasteiger partial charge in [-0.2, -0.15) is 0 Å². The maximum atomic E-state index is 8.70. The second-order valence-corrected chi connectivity index (χ2v) is 2.50. The molecular formula is C8H13NO. The molecule has 0 aromatic carbocycles. The van der Waals surface area contributed by atoms with Crippen LogP contribution in [0.25, 0.3) is 0 Å². The summed E-state index contributed by atoms with van der Waals surface area (Å²) in [6, 6.07) is -0.148. The lowest BCUT2D eigenvalue weighted by Gasteiger charge is -2.13. The Morgan fingerprint density at radius 2 is 2.50 bits per heavy atom. The summed E-state index contributed by atoms with van der Waals surface area (Å²) in [7, 11) is 0. The van der Waals surface area contributed by atoms with Gasteiger partial charge < -0.3 is 10.8 Å². The number of aliphatic hydroxyl groups is 1. The molecule has 0 bridgehead atoms. The number of allylic oxidation sites excluding steroid dienone is 3. The maximum Gasteiger partial charge on any atom is 0.0621 e. The average molecular weight is 139 g/mol. The fourth-order valence-electron chi connectivity index (χ4n) is 1.05. The monoisotopic (exact) mass is 139 g/mol. The van der Waals surface area contributed by atoms with Gasteiger partial charge in [-0.1, -0.05) is 23.8 Å². The Kier molecular flexibility index (Phi) is 2.66. The molecule has 1 atom stereocenters. The second-order valence-electron chi connectivity index (χ2n) is 2.50. The molecule has 2 nitrogen and oxygen atoms in total. The minimum Gasteiger partial charge on any atom is -0.394 e. The van der Waals surface area contributed by atoms with Gasteiger partial charge in [0, 0.05) is 6.04 Å². The van der Waals surface area contributed by atoms with Crippen molar-refractivity contribution in [2.75, 3.05) is 6.61 Å². The first-order valence-corrected chi connectivity index (χ1v) is 3.56. The summed E-state index contributed by atoms with van der Waals surface area (Å²) in [6.45, 7) is 0.0552. The predicted octanol–water partition coefficient (Wildman–Crippen LogP) is 0.582. The second kappa shape index (κ2) is 3.54. The minimum atomic E-state index is -0.148. The molecule has 0 aromatic heterocycles. The van der Waals surface area contributed by atoms with E-state index in [0.717, 1.165) is 18.4 Å². The van der Waals surface area contributed by atoms with E-state index in [1.807, 2.05) is 12.2 Å². The minimum absolute atomic E-state index is 0.0552. The topological polar surface area (TPSA) is 46.2 Å². The first-order valence-electron chi connectivity index (χ1n) is 3.56. The first kappa shape index (κ1) is 7.51. The molecule has 1 rings (SSSR count). The van der Waals surface area contributed by atoms with Crippen molar-refractivity contribution in [3.05, 3.63) is 23.8 Å². The molecule has 0 fully saturated rings. The van der Waals surface area contributed by atoms with Crippen molar-refractivity contribution in [2.45, 2.75) is 18.9 Å². The van der Waals surface area contributed by atoms with Gasteiger partial charge in [0.05, 0.1) is 6.61 Å². The molecule has 0 amide bonds. The van der Waals surface area contributed by atoms with Crippen LogP contribution in [0, 0.1) is 0 Å². The lowest BCUT2D eigenvalue weighted by molar-refractivity contribution is 0.277. The number of nitrogens with two attached hydrogens (primary N) is 1. The van der Waals surface area contributed by atoms with Crippen LogP contribution in [0.15, 0.2) is 23.8 Å². The van der Waals surface area contributed by atoms with Crippen molar-refractivity contribution in [3.63, 3.8) is 0 Å². The Morgan fingerprint density at radius 1 is 1.70 bits per heavy atom. The van der Waals surface area contributed by atoms with Crippen LogP contribution in [-0.4, -0.2) is 17.8 Å². The summed E-state index contributed by atoms with van der Waals surface area (Å²) in [4.78, 5) is 0. The Bertz CT molecular complexity index is 161.